The van der Waals surface area contributed by atoms with Crippen molar-refractivity contribution in [1.82, 2.24) is 9.38 Å². The van der Waals surface area contributed by atoms with Crippen LogP contribution in [0, 0.1) is 6.92 Å². The lowest BCUT2D eigenvalue weighted by Gasteiger charge is -1.97. The van der Waals surface area contributed by atoms with Gasteiger partial charge in [0.05, 0.1) is 18.0 Å². The normalized spacial score (nSPS) is 10.3. The molecule has 0 spiro atoms. The average Bonchev–Trinajstić information content (AvgIpc) is 2.75. The van der Waals surface area contributed by atoms with Gasteiger partial charge in [-0.2, -0.15) is 0 Å². The first-order chi connectivity index (χ1) is 9.22. The Bertz CT molecular complexity index is 571. The number of hydrogen-bond acceptors (Lipinski definition) is 3. The number of ether oxygens (including phenoxy) is 1. The van der Waals surface area contributed by atoms with Crippen LogP contribution in [0.2, 0.25) is 0 Å². The molecule has 4 heteroatoms. The van der Waals surface area contributed by atoms with Gasteiger partial charge in [0.15, 0.2) is 0 Å². The molecule has 0 saturated carbocycles. The Morgan fingerprint density at radius 3 is 2.84 bits per heavy atom. The zero-order chi connectivity index (χ0) is 14.3. The van der Waals surface area contributed by atoms with E-state index in [1.54, 1.807) is 13.0 Å². The summed E-state index contributed by atoms with van der Waals surface area (Å²) in [5, 5.41) is 0. The van der Waals surface area contributed by atoms with E-state index in [4.69, 9.17) is 4.74 Å². The Labute approximate surface area is 113 Å². The Balaban J connectivity index is 0.000000861. The molecular weight excluding hydrogens is 240 g/mol. The molecule has 0 aliphatic carbocycles. The van der Waals surface area contributed by atoms with E-state index in [0.29, 0.717) is 6.61 Å². The third-order valence-electron chi connectivity index (χ3n) is 2.41. The van der Waals surface area contributed by atoms with E-state index in [9.17, 15) is 4.79 Å². The summed E-state index contributed by atoms with van der Waals surface area (Å²) < 4.78 is 6.77. The molecule has 19 heavy (non-hydrogen) atoms. The quantitative estimate of drug-likeness (QED) is 0.628. The van der Waals surface area contributed by atoms with E-state index in [1.165, 1.54) is 6.08 Å². The van der Waals surface area contributed by atoms with Crippen molar-refractivity contribution in [3.63, 3.8) is 0 Å². The van der Waals surface area contributed by atoms with Crippen LogP contribution in [0.1, 0.15) is 32.2 Å². The summed E-state index contributed by atoms with van der Waals surface area (Å²) in [5.41, 5.74) is 2.65. The highest BCUT2D eigenvalue weighted by molar-refractivity contribution is 5.87. The van der Waals surface area contributed by atoms with Crippen LogP contribution >= 0.6 is 0 Å². The molecule has 0 radical (unpaired) electrons. The predicted octanol–water partition coefficient (Wildman–Crippen LogP) is 3.25. The number of aromatic nitrogens is 2. The summed E-state index contributed by atoms with van der Waals surface area (Å²) in [5.74, 6) is -0.335. The standard InChI is InChI=1S/C13H14N2O2.C2H6/c1-3-17-13(16)8-7-11-10(2)14-12-6-4-5-9-15(11)12;1-2/h4-9H,3H2,1-2H3;1-2H3/b8-7+;. The maximum Gasteiger partial charge on any atom is 0.330 e. The lowest BCUT2D eigenvalue weighted by atomic mass is 10.3. The highest BCUT2D eigenvalue weighted by atomic mass is 16.5. The smallest absolute Gasteiger partial charge is 0.330 e. The lowest BCUT2D eigenvalue weighted by molar-refractivity contribution is -0.137. The largest absolute Gasteiger partial charge is 0.463 e. The minimum absolute atomic E-state index is 0.335. The Hall–Kier alpha value is -2.10. The second-order valence-corrected chi connectivity index (χ2v) is 3.60. The fraction of sp³-hybridized carbons (Fsp3) is 0.333. The third-order valence-corrected chi connectivity index (χ3v) is 2.41. The van der Waals surface area contributed by atoms with Crippen molar-refractivity contribution < 1.29 is 9.53 Å². The zero-order valence-corrected chi connectivity index (χ0v) is 11.9. The lowest BCUT2D eigenvalue weighted by Crippen LogP contribution is -1.99. The molecule has 2 rings (SSSR count). The van der Waals surface area contributed by atoms with Crippen LogP contribution in [0.4, 0.5) is 0 Å². The van der Waals surface area contributed by atoms with Crippen LogP contribution in [0.15, 0.2) is 30.5 Å². The van der Waals surface area contributed by atoms with Crippen LogP contribution in [-0.4, -0.2) is 22.0 Å². The molecule has 0 saturated heterocycles. The number of fused-ring (bicyclic) bond motifs is 1. The van der Waals surface area contributed by atoms with Crippen LogP contribution in [0.5, 0.6) is 0 Å². The maximum atomic E-state index is 11.2. The molecule has 0 aliphatic heterocycles. The number of esters is 1. The fourth-order valence-electron chi connectivity index (χ4n) is 1.67. The predicted molar refractivity (Wildman–Crippen MR) is 76.9 cm³/mol. The topological polar surface area (TPSA) is 43.6 Å². The second-order valence-electron chi connectivity index (χ2n) is 3.60. The van der Waals surface area contributed by atoms with Crippen LogP contribution in [-0.2, 0) is 9.53 Å². The number of nitrogens with zero attached hydrogens (tertiary/aromatic N) is 2. The second kappa shape index (κ2) is 7.36. The van der Waals surface area contributed by atoms with Crippen molar-refractivity contribution in [1.29, 1.82) is 0 Å². The monoisotopic (exact) mass is 260 g/mol. The Morgan fingerprint density at radius 1 is 1.42 bits per heavy atom. The van der Waals surface area contributed by atoms with Crippen molar-refractivity contribution in [2.45, 2.75) is 27.7 Å². The molecule has 0 aliphatic rings. The first-order valence-electron chi connectivity index (χ1n) is 6.51. The maximum absolute atomic E-state index is 11.2. The highest BCUT2D eigenvalue weighted by Crippen LogP contribution is 2.13. The van der Waals surface area contributed by atoms with Gasteiger partial charge in [0.2, 0.25) is 0 Å². The van der Waals surface area contributed by atoms with Crippen molar-refractivity contribution in [3.05, 3.63) is 41.9 Å². The van der Waals surface area contributed by atoms with Gasteiger partial charge in [-0.1, -0.05) is 19.9 Å². The number of pyridine rings is 1. The molecule has 0 unspecified atom stereocenters. The summed E-state index contributed by atoms with van der Waals surface area (Å²) in [6.07, 6.45) is 5.07. The van der Waals surface area contributed by atoms with Crippen LogP contribution in [0.25, 0.3) is 11.7 Å². The van der Waals surface area contributed by atoms with Crippen molar-refractivity contribution in [2.75, 3.05) is 6.61 Å². The summed E-state index contributed by atoms with van der Waals surface area (Å²) >= 11 is 0. The van der Waals surface area contributed by atoms with Crippen molar-refractivity contribution in [3.8, 4) is 0 Å². The Kier molecular flexibility index (Phi) is 5.79. The minimum atomic E-state index is -0.335. The van der Waals surface area contributed by atoms with E-state index in [2.05, 4.69) is 4.98 Å². The molecule has 0 N–H and O–H groups in total. The molecule has 2 aromatic heterocycles. The van der Waals surface area contributed by atoms with Crippen molar-refractivity contribution in [2.24, 2.45) is 0 Å². The van der Waals surface area contributed by atoms with E-state index in [-0.39, 0.29) is 5.97 Å². The molecule has 2 aromatic rings. The number of hydrogen-bond donors (Lipinski definition) is 0. The minimum Gasteiger partial charge on any atom is -0.463 e. The van der Waals surface area contributed by atoms with E-state index >= 15 is 0 Å². The molecule has 0 amide bonds. The molecule has 4 nitrogen and oxygen atoms in total. The van der Waals surface area contributed by atoms with E-state index in [1.807, 2.05) is 49.6 Å². The van der Waals surface area contributed by atoms with Gasteiger partial charge < -0.3 is 9.14 Å². The molecule has 0 aromatic carbocycles. The van der Waals surface area contributed by atoms with E-state index < -0.39 is 0 Å². The SMILES string of the molecule is CC.CCOC(=O)/C=C/c1c(C)nc2ccccn12. The number of aryl methyl sites for hydroxylation is 1. The first-order valence-corrected chi connectivity index (χ1v) is 6.51. The van der Waals surface area contributed by atoms with Gasteiger partial charge in [-0.25, -0.2) is 9.78 Å². The average molecular weight is 260 g/mol. The van der Waals surface area contributed by atoms with Gasteiger partial charge >= 0.3 is 5.97 Å². The number of rotatable bonds is 3. The van der Waals surface area contributed by atoms with Gasteiger partial charge in [0, 0.05) is 12.3 Å². The molecule has 0 fully saturated rings. The summed E-state index contributed by atoms with van der Waals surface area (Å²) in [4.78, 5) is 15.6. The number of carbonyl (C=O) groups excluding carboxylic acids is 1. The fourth-order valence-corrected chi connectivity index (χ4v) is 1.67. The molecular formula is C15H20N2O2. The van der Waals surface area contributed by atoms with Gasteiger partial charge in [0.1, 0.15) is 5.65 Å². The van der Waals surface area contributed by atoms with Crippen LogP contribution < -0.4 is 0 Å². The summed E-state index contributed by atoms with van der Waals surface area (Å²) in [6, 6.07) is 5.78. The molecule has 2 heterocycles. The third kappa shape index (κ3) is 3.68. The summed E-state index contributed by atoms with van der Waals surface area (Å²) in [7, 11) is 0. The molecule has 0 bridgehead atoms. The van der Waals surface area contributed by atoms with Gasteiger partial charge in [-0.15, -0.1) is 0 Å². The van der Waals surface area contributed by atoms with E-state index in [0.717, 1.165) is 17.0 Å². The molecule has 0 atom stereocenters. The van der Waals surface area contributed by atoms with Gasteiger partial charge in [-0.3, -0.25) is 0 Å². The first kappa shape index (κ1) is 15.0. The molecule has 102 valence electrons. The number of carbonyl (C=O) groups is 1. The zero-order valence-electron chi connectivity index (χ0n) is 11.9. The highest BCUT2D eigenvalue weighted by Gasteiger charge is 2.05. The van der Waals surface area contributed by atoms with Crippen molar-refractivity contribution >= 4 is 17.7 Å². The van der Waals surface area contributed by atoms with Crippen LogP contribution in [0.3, 0.4) is 0 Å². The Morgan fingerprint density at radius 2 is 2.16 bits per heavy atom. The van der Waals surface area contributed by atoms with Gasteiger partial charge in [0.25, 0.3) is 0 Å². The van der Waals surface area contributed by atoms with Gasteiger partial charge in [-0.05, 0) is 32.1 Å². The summed E-state index contributed by atoms with van der Waals surface area (Å²) in [6.45, 7) is 8.08. The number of imidazole rings is 1.